The van der Waals surface area contributed by atoms with Crippen LogP contribution in [0.3, 0.4) is 0 Å². The van der Waals surface area contributed by atoms with Crippen LogP contribution in [-0.2, 0) is 5.41 Å². The minimum Gasteiger partial charge on any atom is -0.244 e. The maximum absolute atomic E-state index is 4.48. The van der Waals surface area contributed by atoms with Crippen molar-refractivity contribution in [3.63, 3.8) is 0 Å². The van der Waals surface area contributed by atoms with Gasteiger partial charge in [0.05, 0.1) is 5.52 Å². The van der Waals surface area contributed by atoms with Crippen LogP contribution in [0.1, 0.15) is 51.7 Å². The average molecular weight is 228 g/mol. The molecule has 17 heavy (non-hydrogen) atoms. The van der Waals surface area contributed by atoms with Crippen molar-refractivity contribution in [2.24, 2.45) is 0 Å². The number of rotatable bonds is 1. The molecule has 0 amide bonds. The number of fused-ring (bicyclic) bond motifs is 1. The SMILES string of the molecule is CC(C)c1ccc2cncnc2c1C(C)(C)C. The molecule has 2 rings (SSSR count). The van der Waals surface area contributed by atoms with E-state index in [1.807, 2.05) is 6.20 Å². The van der Waals surface area contributed by atoms with Crippen LogP contribution in [-0.4, -0.2) is 9.97 Å². The number of aromatic nitrogens is 2. The van der Waals surface area contributed by atoms with Gasteiger partial charge in [0.1, 0.15) is 6.33 Å². The summed E-state index contributed by atoms with van der Waals surface area (Å²) in [5.74, 6) is 0.517. The van der Waals surface area contributed by atoms with Gasteiger partial charge in [0.15, 0.2) is 0 Å². The zero-order chi connectivity index (χ0) is 12.6. The molecule has 0 unspecified atom stereocenters. The van der Waals surface area contributed by atoms with Crippen LogP contribution in [0.5, 0.6) is 0 Å². The number of benzene rings is 1. The van der Waals surface area contributed by atoms with Gasteiger partial charge in [0.2, 0.25) is 0 Å². The van der Waals surface area contributed by atoms with Crippen LogP contribution in [0.25, 0.3) is 10.9 Å². The van der Waals surface area contributed by atoms with Gasteiger partial charge in [0, 0.05) is 11.6 Å². The summed E-state index contributed by atoms with van der Waals surface area (Å²) in [6, 6.07) is 4.34. The molecule has 1 heterocycles. The van der Waals surface area contributed by atoms with E-state index in [9.17, 15) is 0 Å². The van der Waals surface area contributed by atoms with Gasteiger partial charge in [-0.05, 0) is 22.5 Å². The molecule has 2 aromatic rings. The largest absolute Gasteiger partial charge is 0.244 e. The molecule has 90 valence electrons. The van der Waals surface area contributed by atoms with Crippen molar-refractivity contribution in [3.8, 4) is 0 Å². The highest BCUT2D eigenvalue weighted by molar-refractivity contribution is 5.83. The minimum absolute atomic E-state index is 0.105. The first-order valence-electron chi connectivity index (χ1n) is 6.14. The number of hydrogen-bond donors (Lipinski definition) is 0. The molecule has 0 aliphatic rings. The molecule has 0 saturated heterocycles. The Kier molecular flexibility index (Phi) is 2.90. The molecule has 2 nitrogen and oxygen atoms in total. The Morgan fingerprint density at radius 3 is 2.41 bits per heavy atom. The zero-order valence-electron chi connectivity index (χ0n) is 11.3. The van der Waals surface area contributed by atoms with Crippen LogP contribution in [0.4, 0.5) is 0 Å². The van der Waals surface area contributed by atoms with E-state index >= 15 is 0 Å². The van der Waals surface area contributed by atoms with Gasteiger partial charge >= 0.3 is 0 Å². The predicted octanol–water partition coefficient (Wildman–Crippen LogP) is 4.05. The molecule has 0 spiro atoms. The highest BCUT2D eigenvalue weighted by atomic mass is 14.8. The third kappa shape index (κ3) is 2.17. The maximum Gasteiger partial charge on any atom is 0.116 e. The van der Waals surface area contributed by atoms with Gasteiger partial charge in [-0.1, -0.05) is 46.8 Å². The van der Waals surface area contributed by atoms with E-state index in [1.165, 1.54) is 11.1 Å². The van der Waals surface area contributed by atoms with E-state index < -0.39 is 0 Å². The van der Waals surface area contributed by atoms with Gasteiger partial charge < -0.3 is 0 Å². The molecule has 0 saturated carbocycles. The molecule has 1 aromatic carbocycles. The van der Waals surface area contributed by atoms with E-state index in [2.05, 4.69) is 56.7 Å². The van der Waals surface area contributed by atoms with E-state index in [4.69, 9.17) is 0 Å². The maximum atomic E-state index is 4.48. The number of hydrogen-bond acceptors (Lipinski definition) is 2. The van der Waals surface area contributed by atoms with Crippen LogP contribution >= 0.6 is 0 Å². The normalized spacial score (nSPS) is 12.4. The topological polar surface area (TPSA) is 25.8 Å². The summed E-state index contributed by atoms with van der Waals surface area (Å²) in [4.78, 5) is 8.58. The fourth-order valence-corrected chi connectivity index (χ4v) is 2.34. The lowest BCUT2D eigenvalue weighted by molar-refractivity contribution is 0.581. The molecule has 0 fully saturated rings. The average Bonchev–Trinajstić information content (AvgIpc) is 2.26. The van der Waals surface area contributed by atoms with Crippen LogP contribution in [0.15, 0.2) is 24.7 Å². The van der Waals surface area contributed by atoms with Crippen molar-refractivity contribution in [1.29, 1.82) is 0 Å². The fourth-order valence-electron chi connectivity index (χ4n) is 2.34. The van der Waals surface area contributed by atoms with Crippen LogP contribution in [0.2, 0.25) is 0 Å². The van der Waals surface area contributed by atoms with Crippen LogP contribution in [0, 0.1) is 0 Å². The van der Waals surface area contributed by atoms with Crippen molar-refractivity contribution < 1.29 is 0 Å². The molecular formula is C15H20N2. The van der Waals surface area contributed by atoms with Gasteiger partial charge in [-0.25, -0.2) is 9.97 Å². The summed E-state index contributed by atoms with van der Waals surface area (Å²) in [6.45, 7) is 11.2. The molecule has 2 heteroatoms. The summed E-state index contributed by atoms with van der Waals surface area (Å²) in [7, 11) is 0. The zero-order valence-corrected chi connectivity index (χ0v) is 11.3. The van der Waals surface area contributed by atoms with Gasteiger partial charge in [0.25, 0.3) is 0 Å². The van der Waals surface area contributed by atoms with Crippen molar-refractivity contribution in [1.82, 2.24) is 9.97 Å². The quantitative estimate of drug-likeness (QED) is 0.736. The lowest BCUT2D eigenvalue weighted by atomic mass is 9.79. The Morgan fingerprint density at radius 1 is 1.12 bits per heavy atom. The Balaban J connectivity index is 2.85. The first kappa shape index (κ1) is 12.0. The number of nitrogens with zero attached hydrogens (tertiary/aromatic N) is 2. The highest BCUT2D eigenvalue weighted by Crippen LogP contribution is 2.35. The lowest BCUT2D eigenvalue weighted by Gasteiger charge is -2.26. The monoisotopic (exact) mass is 228 g/mol. The van der Waals surface area contributed by atoms with E-state index in [0.29, 0.717) is 5.92 Å². The molecule has 0 radical (unpaired) electrons. The Hall–Kier alpha value is -1.44. The fraction of sp³-hybridized carbons (Fsp3) is 0.467. The Morgan fingerprint density at radius 2 is 1.82 bits per heavy atom. The van der Waals surface area contributed by atoms with Crippen molar-refractivity contribution in [3.05, 3.63) is 35.8 Å². The predicted molar refractivity (Wildman–Crippen MR) is 72.3 cm³/mol. The Labute approximate surface area is 103 Å². The van der Waals surface area contributed by atoms with Gasteiger partial charge in [-0.2, -0.15) is 0 Å². The van der Waals surface area contributed by atoms with E-state index in [-0.39, 0.29) is 5.41 Å². The first-order valence-corrected chi connectivity index (χ1v) is 6.14. The second-order valence-corrected chi connectivity index (χ2v) is 5.90. The molecule has 0 aliphatic carbocycles. The summed E-state index contributed by atoms with van der Waals surface area (Å²) in [6.07, 6.45) is 3.53. The first-order chi connectivity index (χ1) is 7.91. The molecule has 0 atom stereocenters. The van der Waals surface area contributed by atoms with E-state index in [0.717, 1.165) is 10.9 Å². The molecule has 1 aromatic heterocycles. The van der Waals surface area contributed by atoms with Crippen molar-refractivity contribution in [2.45, 2.75) is 46.0 Å². The second kappa shape index (κ2) is 4.10. The summed E-state index contributed by atoms with van der Waals surface area (Å²) >= 11 is 0. The highest BCUT2D eigenvalue weighted by Gasteiger charge is 2.22. The van der Waals surface area contributed by atoms with Crippen molar-refractivity contribution >= 4 is 10.9 Å². The van der Waals surface area contributed by atoms with E-state index in [1.54, 1.807) is 6.33 Å². The second-order valence-electron chi connectivity index (χ2n) is 5.90. The molecular weight excluding hydrogens is 208 g/mol. The summed E-state index contributed by atoms with van der Waals surface area (Å²) in [5.41, 5.74) is 3.95. The Bertz CT molecular complexity index is 536. The molecule has 0 aliphatic heterocycles. The molecule has 0 bridgehead atoms. The summed E-state index contributed by atoms with van der Waals surface area (Å²) < 4.78 is 0. The lowest BCUT2D eigenvalue weighted by Crippen LogP contribution is -2.16. The van der Waals surface area contributed by atoms with Gasteiger partial charge in [-0.15, -0.1) is 0 Å². The minimum atomic E-state index is 0.105. The standard InChI is InChI=1S/C15H20N2/c1-10(2)12-7-6-11-8-16-9-17-14(11)13(12)15(3,4)5/h6-10H,1-5H3. The third-order valence-electron chi connectivity index (χ3n) is 3.08. The third-order valence-corrected chi connectivity index (χ3v) is 3.08. The smallest absolute Gasteiger partial charge is 0.116 e. The van der Waals surface area contributed by atoms with Gasteiger partial charge in [-0.3, -0.25) is 0 Å². The summed E-state index contributed by atoms with van der Waals surface area (Å²) in [5, 5.41) is 1.13. The molecule has 0 N–H and O–H groups in total. The van der Waals surface area contributed by atoms with Crippen molar-refractivity contribution in [2.75, 3.05) is 0 Å². The van der Waals surface area contributed by atoms with Crippen LogP contribution < -0.4 is 0 Å².